The Hall–Kier alpha value is -3.32. The van der Waals surface area contributed by atoms with Crippen LogP contribution in [-0.4, -0.2) is 35.6 Å². The van der Waals surface area contributed by atoms with E-state index in [4.69, 9.17) is 21.1 Å². The second-order valence-corrected chi connectivity index (χ2v) is 6.50. The van der Waals surface area contributed by atoms with Crippen LogP contribution >= 0.6 is 11.6 Å². The van der Waals surface area contributed by atoms with E-state index >= 15 is 0 Å². The van der Waals surface area contributed by atoms with Crippen LogP contribution in [-0.2, 0) is 6.54 Å². The highest BCUT2D eigenvalue weighted by Crippen LogP contribution is 2.22. The molecule has 1 amide bonds. The van der Waals surface area contributed by atoms with Gasteiger partial charge in [-0.25, -0.2) is 5.43 Å². The molecule has 0 saturated carbocycles. The Labute approximate surface area is 173 Å². The Morgan fingerprint density at radius 3 is 2.76 bits per heavy atom. The first-order chi connectivity index (χ1) is 14.1. The lowest BCUT2D eigenvalue weighted by Gasteiger charge is -2.08. The molecule has 0 bridgehead atoms. The topological polar surface area (TPSA) is 77.7 Å². The Morgan fingerprint density at radius 2 is 2.03 bits per heavy atom. The molecule has 8 heteroatoms. The minimum absolute atomic E-state index is 0.270. The molecule has 0 spiro atoms. The van der Waals surface area contributed by atoms with Gasteiger partial charge in [-0.2, -0.15) is 10.2 Å². The molecule has 0 atom stereocenters. The normalized spacial score (nSPS) is 10.9. The van der Waals surface area contributed by atoms with Crippen molar-refractivity contribution in [3.8, 4) is 11.5 Å². The maximum Gasteiger partial charge on any atom is 0.291 e. The van der Waals surface area contributed by atoms with Gasteiger partial charge in [0.05, 0.1) is 26.5 Å². The third kappa shape index (κ3) is 5.58. The largest absolute Gasteiger partial charge is 0.497 e. The van der Waals surface area contributed by atoms with Gasteiger partial charge in [-0.1, -0.05) is 23.7 Å². The van der Waals surface area contributed by atoms with E-state index < -0.39 is 5.91 Å². The van der Waals surface area contributed by atoms with Crippen molar-refractivity contribution in [1.29, 1.82) is 0 Å². The second kappa shape index (κ2) is 9.75. The molecule has 0 aliphatic carbocycles. The lowest BCUT2D eigenvalue weighted by molar-refractivity contribution is 0.0949. The zero-order valence-electron chi connectivity index (χ0n) is 16.1. The van der Waals surface area contributed by atoms with E-state index in [0.717, 1.165) is 5.56 Å². The number of nitrogens with one attached hydrogen (secondary N) is 1. The van der Waals surface area contributed by atoms with E-state index in [1.165, 1.54) is 6.21 Å². The van der Waals surface area contributed by atoms with Gasteiger partial charge in [-0.15, -0.1) is 0 Å². The number of carbonyl (C=O) groups is 1. The minimum Gasteiger partial charge on any atom is -0.497 e. The molecule has 1 N–H and O–H groups in total. The van der Waals surface area contributed by atoms with Crippen LogP contribution in [0.1, 0.15) is 28.5 Å². The molecule has 3 rings (SSSR count). The van der Waals surface area contributed by atoms with Gasteiger partial charge in [-0.05, 0) is 48.9 Å². The molecule has 2 aromatic carbocycles. The third-order valence-corrected chi connectivity index (χ3v) is 4.27. The maximum atomic E-state index is 12.3. The van der Waals surface area contributed by atoms with Crippen molar-refractivity contribution in [2.24, 2.45) is 5.10 Å². The Morgan fingerprint density at radius 1 is 1.24 bits per heavy atom. The third-order valence-electron chi connectivity index (χ3n) is 4.02. The van der Waals surface area contributed by atoms with Gasteiger partial charge in [0, 0.05) is 16.8 Å². The van der Waals surface area contributed by atoms with Gasteiger partial charge in [0.15, 0.2) is 5.69 Å². The van der Waals surface area contributed by atoms with Gasteiger partial charge in [0.2, 0.25) is 0 Å². The van der Waals surface area contributed by atoms with Crippen LogP contribution in [0.2, 0.25) is 5.02 Å². The van der Waals surface area contributed by atoms with E-state index in [0.29, 0.717) is 35.2 Å². The fraction of sp³-hybridized carbons (Fsp3) is 0.190. The fourth-order valence-electron chi connectivity index (χ4n) is 2.61. The number of hydrogen-bond acceptors (Lipinski definition) is 5. The smallest absolute Gasteiger partial charge is 0.291 e. The molecule has 1 heterocycles. The lowest BCUT2D eigenvalue weighted by atomic mass is 10.2. The average molecular weight is 413 g/mol. The van der Waals surface area contributed by atoms with Crippen LogP contribution in [0.25, 0.3) is 0 Å². The first-order valence-electron chi connectivity index (χ1n) is 9.01. The van der Waals surface area contributed by atoms with Crippen molar-refractivity contribution in [2.75, 3.05) is 13.7 Å². The molecule has 0 radical (unpaired) electrons. The summed E-state index contributed by atoms with van der Waals surface area (Å²) >= 11 is 5.89. The molecule has 3 aromatic rings. The molecule has 0 aliphatic rings. The summed E-state index contributed by atoms with van der Waals surface area (Å²) in [6.07, 6.45) is 3.25. The summed E-state index contributed by atoms with van der Waals surface area (Å²) in [5.74, 6) is 0.915. The first-order valence-corrected chi connectivity index (χ1v) is 9.39. The molecule has 0 unspecified atom stereocenters. The van der Waals surface area contributed by atoms with E-state index in [1.54, 1.807) is 42.3 Å². The minimum atomic E-state index is -0.406. The molecule has 0 fully saturated rings. The molecule has 150 valence electrons. The highest BCUT2D eigenvalue weighted by molar-refractivity contribution is 6.30. The molecule has 7 nitrogen and oxygen atoms in total. The van der Waals surface area contributed by atoms with Crippen LogP contribution in [0.15, 0.2) is 59.8 Å². The number of halogens is 1. The zero-order chi connectivity index (χ0) is 20.6. The van der Waals surface area contributed by atoms with Crippen molar-refractivity contribution >= 4 is 23.7 Å². The van der Waals surface area contributed by atoms with Crippen molar-refractivity contribution in [2.45, 2.75) is 13.5 Å². The van der Waals surface area contributed by atoms with Crippen LogP contribution < -0.4 is 14.9 Å². The zero-order valence-corrected chi connectivity index (χ0v) is 16.9. The number of methoxy groups -OCH3 is 1. The number of rotatable bonds is 8. The maximum absolute atomic E-state index is 12.3. The van der Waals surface area contributed by atoms with Crippen molar-refractivity contribution < 1.29 is 14.3 Å². The van der Waals surface area contributed by atoms with Crippen molar-refractivity contribution in [3.05, 3.63) is 76.6 Å². The van der Waals surface area contributed by atoms with E-state index in [-0.39, 0.29) is 5.69 Å². The fourth-order valence-corrected chi connectivity index (χ4v) is 2.73. The molecule has 0 saturated heterocycles. The number of ether oxygens (including phenoxy) is 2. The Balaban J connectivity index is 1.64. The summed E-state index contributed by atoms with van der Waals surface area (Å²) in [6, 6.07) is 14.5. The predicted molar refractivity (Wildman–Crippen MR) is 112 cm³/mol. The van der Waals surface area contributed by atoms with Crippen molar-refractivity contribution in [1.82, 2.24) is 15.2 Å². The van der Waals surface area contributed by atoms with Gasteiger partial charge < -0.3 is 9.47 Å². The standard InChI is InChI=1S/C21H21ClN4O3/c1-3-29-20-9-8-18(28-2)12-16(20)13-23-24-21(27)19-10-11-26(25-19)14-15-4-6-17(22)7-5-15/h4-13H,3,14H2,1-2H3,(H,24,27)/b23-13+. The number of aromatic nitrogens is 2. The van der Waals surface area contributed by atoms with E-state index in [2.05, 4.69) is 15.6 Å². The molecule has 0 aliphatic heterocycles. The molecule has 29 heavy (non-hydrogen) atoms. The number of carbonyl (C=O) groups excluding carboxylic acids is 1. The van der Waals surface area contributed by atoms with Gasteiger partial charge in [0.1, 0.15) is 11.5 Å². The van der Waals surface area contributed by atoms with Crippen LogP contribution in [0, 0.1) is 0 Å². The van der Waals surface area contributed by atoms with Crippen molar-refractivity contribution in [3.63, 3.8) is 0 Å². The summed E-state index contributed by atoms with van der Waals surface area (Å²) in [6.45, 7) is 2.95. The lowest BCUT2D eigenvalue weighted by Crippen LogP contribution is -2.18. The SMILES string of the molecule is CCOc1ccc(OC)cc1/C=N/NC(=O)c1ccn(Cc2ccc(Cl)cc2)n1. The predicted octanol–water partition coefficient (Wildman–Crippen LogP) is 3.76. The summed E-state index contributed by atoms with van der Waals surface area (Å²) < 4.78 is 12.5. The monoisotopic (exact) mass is 412 g/mol. The average Bonchev–Trinajstić information content (AvgIpc) is 3.19. The number of hydrogen-bond donors (Lipinski definition) is 1. The molecular formula is C21H21ClN4O3. The molecular weight excluding hydrogens is 392 g/mol. The number of amides is 1. The highest BCUT2D eigenvalue weighted by atomic mass is 35.5. The highest BCUT2D eigenvalue weighted by Gasteiger charge is 2.09. The van der Waals surface area contributed by atoms with Gasteiger partial charge >= 0.3 is 0 Å². The van der Waals surface area contributed by atoms with E-state index in [9.17, 15) is 4.79 Å². The summed E-state index contributed by atoms with van der Waals surface area (Å²) in [4.78, 5) is 12.3. The van der Waals surface area contributed by atoms with Crippen LogP contribution in [0.3, 0.4) is 0 Å². The summed E-state index contributed by atoms with van der Waals surface area (Å²) in [5, 5.41) is 8.97. The Kier molecular flexibility index (Phi) is 6.86. The number of nitrogens with zero attached hydrogens (tertiary/aromatic N) is 3. The molecule has 1 aromatic heterocycles. The first kappa shape index (κ1) is 20.4. The van der Waals surface area contributed by atoms with Gasteiger partial charge in [-0.3, -0.25) is 9.48 Å². The van der Waals surface area contributed by atoms with Crippen LogP contribution in [0.5, 0.6) is 11.5 Å². The summed E-state index contributed by atoms with van der Waals surface area (Å²) in [5.41, 5.74) is 4.48. The van der Waals surface area contributed by atoms with Gasteiger partial charge in [0.25, 0.3) is 5.91 Å². The second-order valence-electron chi connectivity index (χ2n) is 6.06. The quantitative estimate of drug-likeness (QED) is 0.451. The van der Waals surface area contributed by atoms with Crippen LogP contribution in [0.4, 0.5) is 0 Å². The number of benzene rings is 2. The number of hydrazone groups is 1. The Bertz CT molecular complexity index is 999. The van der Waals surface area contributed by atoms with E-state index in [1.807, 2.05) is 31.2 Å². The summed E-state index contributed by atoms with van der Waals surface area (Å²) in [7, 11) is 1.58.